The normalized spacial score (nSPS) is 19.5. The standard InChI is InChI=1S/C28H31NO5/c1-17(30)10-20-6-5-7-23(27(32)34-28(2,3)4)22-9-8-18(13-24(20)22)11-19-12-21(15-29-14-19)26(31)25-16-33-25/h6,8-9,12-15,23,25H,5,7,10-11,16H2,1-4H3. The number of pyridine rings is 1. The highest BCUT2D eigenvalue weighted by Crippen LogP contribution is 2.37. The second-order valence-corrected chi connectivity index (χ2v) is 10.1. The summed E-state index contributed by atoms with van der Waals surface area (Å²) in [6.07, 6.45) is 7.31. The van der Waals surface area contributed by atoms with Crippen LogP contribution in [-0.2, 0) is 25.5 Å². The van der Waals surface area contributed by atoms with Crippen LogP contribution in [0.25, 0.3) is 5.57 Å². The van der Waals surface area contributed by atoms with Crippen LogP contribution >= 0.6 is 0 Å². The molecule has 2 heterocycles. The first-order valence-corrected chi connectivity index (χ1v) is 11.7. The summed E-state index contributed by atoms with van der Waals surface area (Å²) in [5, 5.41) is 0. The molecule has 1 aromatic heterocycles. The summed E-state index contributed by atoms with van der Waals surface area (Å²) >= 11 is 0. The summed E-state index contributed by atoms with van der Waals surface area (Å²) in [7, 11) is 0. The molecule has 2 atom stereocenters. The van der Waals surface area contributed by atoms with Gasteiger partial charge in [-0.15, -0.1) is 0 Å². The number of esters is 1. The van der Waals surface area contributed by atoms with Crippen molar-refractivity contribution in [3.63, 3.8) is 0 Å². The third kappa shape index (κ3) is 5.86. The Hall–Kier alpha value is -3.12. The van der Waals surface area contributed by atoms with E-state index in [-0.39, 0.29) is 29.6 Å². The number of aromatic nitrogens is 1. The lowest BCUT2D eigenvalue weighted by Gasteiger charge is -2.25. The van der Waals surface area contributed by atoms with Crippen LogP contribution in [0.2, 0.25) is 0 Å². The highest BCUT2D eigenvalue weighted by Gasteiger charge is 2.32. The molecule has 34 heavy (non-hydrogen) atoms. The minimum absolute atomic E-state index is 0.0387. The second-order valence-electron chi connectivity index (χ2n) is 10.1. The van der Waals surface area contributed by atoms with Crippen molar-refractivity contribution < 1.29 is 23.9 Å². The van der Waals surface area contributed by atoms with E-state index in [2.05, 4.69) is 17.1 Å². The molecule has 1 aliphatic heterocycles. The molecule has 0 radical (unpaired) electrons. The van der Waals surface area contributed by atoms with Crippen molar-refractivity contribution in [3.8, 4) is 0 Å². The van der Waals surface area contributed by atoms with Crippen LogP contribution in [0, 0.1) is 0 Å². The van der Waals surface area contributed by atoms with Crippen LogP contribution in [-0.4, -0.2) is 40.8 Å². The van der Waals surface area contributed by atoms with Crippen molar-refractivity contribution >= 4 is 23.1 Å². The number of benzene rings is 1. The molecule has 1 fully saturated rings. The largest absolute Gasteiger partial charge is 0.459 e. The van der Waals surface area contributed by atoms with Gasteiger partial charge in [-0.2, -0.15) is 0 Å². The average Bonchev–Trinajstić information content (AvgIpc) is 3.60. The predicted octanol–water partition coefficient (Wildman–Crippen LogP) is 4.84. The number of epoxide rings is 1. The van der Waals surface area contributed by atoms with Gasteiger partial charge < -0.3 is 9.47 Å². The van der Waals surface area contributed by atoms with E-state index in [1.807, 2.05) is 39.0 Å². The lowest BCUT2D eigenvalue weighted by molar-refractivity contribution is -0.157. The summed E-state index contributed by atoms with van der Waals surface area (Å²) in [5.41, 5.74) is 4.69. The first kappa shape index (κ1) is 24.0. The SMILES string of the molecule is CC(=O)CC1=CCCC(C(=O)OC(C)(C)C)c2ccc(Cc3cncc(C(=O)C4CO4)c3)cc21. The van der Waals surface area contributed by atoms with Crippen LogP contribution in [0.5, 0.6) is 0 Å². The zero-order valence-electron chi connectivity index (χ0n) is 20.2. The summed E-state index contributed by atoms with van der Waals surface area (Å²) in [6.45, 7) is 7.66. The van der Waals surface area contributed by atoms with Crippen molar-refractivity contribution in [1.82, 2.24) is 4.98 Å². The molecule has 2 aliphatic rings. The summed E-state index contributed by atoms with van der Waals surface area (Å²) in [4.78, 5) is 41.6. The average molecular weight is 462 g/mol. The molecule has 2 aromatic rings. The fourth-order valence-electron chi connectivity index (χ4n) is 4.38. The number of Topliss-reactive ketones (excluding diaryl/α,β-unsaturated/α-hetero) is 2. The van der Waals surface area contributed by atoms with E-state index in [0.717, 1.165) is 27.8 Å². The number of ether oxygens (including phenoxy) is 2. The Balaban J connectivity index is 1.66. The lowest BCUT2D eigenvalue weighted by Crippen LogP contribution is -2.28. The molecule has 0 N–H and O–H groups in total. The van der Waals surface area contributed by atoms with Crippen LogP contribution in [0.15, 0.2) is 42.7 Å². The monoisotopic (exact) mass is 461 g/mol. The Morgan fingerprint density at radius 1 is 1.12 bits per heavy atom. The molecule has 1 aromatic carbocycles. The van der Waals surface area contributed by atoms with Gasteiger partial charge in [-0.25, -0.2) is 0 Å². The Kier molecular flexibility index (Phi) is 6.80. The zero-order chi connectivity index (χ0) is 24.5. The first-order chi connectivity index (χ1) is 16.1. The molecular weight excluding hydrogens is 430 g/mol. The maximum Gasteiger partial charge on any atom is 0.313 e. The number of carbonyl (C=O) groups is 3. The quantitative estimate of drug-likeness (QED) is 0.333. The van der Waals surface area contributed by atoms with Gasteiger partial charge in [0.05, 0.1) is 12.5 Å². The van der Waals surface area contributed by atoms with Crippen molar-refractivity contribution in [3.05, 3.63) is 70.6 Å². The van der Waals surface area contributed by atoms with Crippen LogP contribution in [0.4, 0.5) is 0 Å². The molecule has 2 unspecified atom stereocenters. The fourth-order valence-corrected chi connectivity index (χ4v) is 4.38. The molecule has 4 rings (SSSR count). The Morgan fingerprint density at radius 2 is 1.88 bits per heavy atom. The number of nitrogens with zero attached hydrogens (tertiary/aromatic N) is 1. The molecular formula is C28H31NO5. The molecule has 0 spiro atoms. The maximum absolute atomic E-state index is 13.0. The smallest absolute Gasteiger partial charge is 0.313 e. The number of allylic oxidation sites excluding steroid dienone is 2. The Bertz CT molecular complexity index is 1150. The van der Waals surface area contributed by atoms with Gasteiger partial charge in [0.2, 0.25) is 0 Å². The topological polar surface area (TPSA) is 85.9 Å². The van der Waals surface area contributed by atoms with Crippen LogP contribution in [0.1, 0.15) is 85.5 Å². The molecule has 178 valence electrons. The van der Waals surface area contributed by atoms with Gasteiger partial charge in [0, 0.05) is 24.4 Å². The van der Waals surface area contributed by atoms with Crippen molar-refractivity contribution in [2.75, 3.05) is 6.61 Å². The zero-order valence-corrected chi connectivity index (χ0v) is 20.2. The van der Waals surface area contributed by atoms with Gasteiger partial charge in [-0.3, -0.25) is 19.4 Å². The van der Waals surface area contributed by atoms with Crippen LogP contribution in [0.3, 0.4) is 0 Å². The number of hydrogen-bond acceptors (Lipinski definition) is 6. The summed E-state index contributed by atoms with van der Waals surface area (Å²) < 4.78 is 10.8. The Labute approximate surface area is 200 Å². The fraction of sp³-hybridized carbons (Fsp3) is 0.429. The van der Waals surface area contributed by atoms with Crippen molar-refractivity contribution in [1.29, 1.82) is 0 Å². The van der Waals surface area contributed by atoms with E-state index >= 15 is 0 Å². The molecule has 0 saturated carbocycles. The minimum Gasteiger partial charge on any atom is -0.459 e. The van der Waals surface area contributed by atoms with Gasteiger partial charge in [-0.05, 0) is 80.9 Å². The third-order valence-electron chi connectivity index (χ3n) is 5.93. The van der Waals surface area contributed by atoms with Gasteiger partial charge in [0.1, 0.15) is 17.5 Å². The van der Waals surface area contributed by atoms with Crippen molar-refractivity contribution in [2.45, 2.75) is 71.0 Å². The molecule has 0 bridgehead atoms. The van der Waals surface area contributed by atoms with Crippen LogP contribution < -0.4 is 0 Å². The van der Waals surface area contributed by atoms with Gasteiger partial charge in [0.15, 0.2) is 5.78 Å². The third-order valence-corrected chi connectivity index (χ3v) is 5.93. The highest BCUT2D eigenvalue weighted by molar-refractivity contribution is 6.00. The van der Waals surface area contributed by atoms with E-state index in [0.29, 0.717) is 37.9 Å². The number of rotatable bonds is 7. The minimum atomic E-state index is -0.569. The summed E-state index contributed by atoms with van der Waals surface area (Å²) in [6, 6.07) is 7.91. The van der Waals surface area contributed by atoms with E-state index in [1.54, 1.807) is 19.3 Å². The molecule has 6 nitrogen and oxygen atoms in total. The maximum atomic E-state index is 13.0. The molecule has 1 saturated heterocycles. The number of ketones is 2. The van der Waals surface area contributed by atoms with E-state index in [9.17, 15) is 14.4 Å². The van der Waals surface area contributed by atoms with E-state index in [4.69, 9.17) is 9.47 Å². The molecule has 1 aliphatic carbocycles. The number of carbonyl (C=O) groups excluding carboxylic acids is 3. The van der Waals surface area contributed by atoms with E-state index in [1.165, 1.54) is 0 Å². The number of fused-ring (bicyclic) bond motifs is 1. The van der Waals surface area contributed by atoms with E-state index < -0.39 is 5.60 Å². The summed E-state index contributed by atoms with van der Waals surface area (Å²) in [5.74, 6) is -0.582. The van der Waals surface area contributed by atoms with Gasteiger partial charge >= 0.3 is 5.97 Å². The number of hydrogen-bond donors (Lipinski definition) is 0. The molecule has 0 amide bonds. The predicted molar refractivity (Wildman–Crippen MR) is 129 cm³/mol. The molecule has 6 heteroatoms. The lowest BCUT2D eigenvalue weighted by atomic mass is 9.87. The van der Waals surface area contributed by atoms with Crippen molar-refractivity contribution in [2.24, 2.45) is 0 Å². The van der Waals surface area contributed by atoms with Gasteiger partial charge in [0.25, 0.3) is 0 Å². The highest BCUT2D eigenvalue weighted by atomic mass is 16.6. The van der Waals surface area contributed by atoms with Gasteiger partial charge in [-0.1, -0.05) is 24.3 Å². The Morgan fingerprint density at radius 3 is 2.56 bits per heavy atom. The first-order valence-electron chi connectivity index (χ1n) is 11.7. The second kappa shape index (κ2) is 9.63.